The Kier molecular flexibility index (Phi) is 2.89. The zero-order valence-corrected chi connectivity index (χ0v) is 10.1. The van der Waals surface area contributed by atoms with E-state index < -0.39 is 0 Å². The van der Waals surface area contributed by atoms with Crippen LogP contribution in [-0.4, -0.2) is 41.0 Å². The molecule has 0 bridgehead atoms. The van der Waals surface area contributed by atoms with Crippen LogP contribution in [0.4, 0.5) is 0 Å². The molecule has 1 aliphatic rings. The van der Waals surface area contributed by atoms with Crippen molar-refractivity contribution in [2.75, 3.05) is 20.3 Å². The molecule has 0 unspecified atom stereocenters. The van der Waals surface area contributed by atoms with Gasteiger partial charge in [0.2, 0.25) is 0 Å². The highest BCUT2D eigenvalue weighted by Gasteiger charge is 2.29. The van der Waals surface area contributed by atoms with Crippen LogP contribution in [0.3, 0.4) is 0 Å². The van der Waals surface area contributed by atoms with Crippen LogP contribution in [0.5, 0.6) is 0 Å². The van der Waals surface area contributed by atoms with Gasteiger partial charge in [-0.1, -0.05) is 0 Å². The Labute approximate surface area is 104 Å². The Morgan fingerprint density at radius 3 is 3.33 bits per heavy atom. The first-order chi connectivity index (χ1) is 8.79. The molecule has 1 fully saturated rings. The van der Waals surface area contributed by atoms with Gasteiger partial charge in [0.25, 0.3) is 0 Å². The average molecular weight is 249 g/mol. The molecule has 0 saturated carbocycles. The molecule has 6 nitrogen and oxygen atoms in total. The summed E-state index contributed by atoms with van der Waals surface area (Å²) in [5, 5.41) is 0. The summed E-state index contributed by atoms with van der Waals surface area (Å²) in [7, 11) is 1.67. The second kappa shape index (κ2) is 4.55. The number of fused-ring (bicyclic) bond motifs is 1. The lowest BCUT2D eigenvalue weighted by molar-refractivity contribution is 0.0632. The molecule has 0 spiro atoms. The highest BCUT2D eigenvalue weighted by molar-refractivity contribution is 5.70. The van der Waals surface area contributed by atoms with Gasteiger partial charge >= 0.3 is 5.69 Å². The monoisotopic (exact) mass is 249 g/mol. The van der Waals surface area contributed by atoms with E-state index in [4.69, 9.17) is 9.47 Å². The summed E-state index contributed by atoms with van der Waals surface area (Å²) in [6, 6.07) is 3.71. The van der Waals surface area contributed by atoms with E-state index in [1.54, 1.807) is 17.9 Å². The number of aromatic nitrogens is 3. The highest BCUT2D eigenvalue weighted by Crippen LogP contribution is 2.19. The number of methoxy groups -OCH3 is 1. The summed E-state index contributed by atoms with van der Waals surface area (Å²) < 4.78 is 12.5. The van der Waals surface area contributed by atoms with Crippen molar-refractivity contribution in [3.63, 3.8) is 0 Å². The van der Waals surface area contributed by atoms with Crippen molar-refractivity contribution in [3.05, 3.63) is 28.8 Å². The minimum Gasteiger partial charge on any atom is -0.379 e. The van der Waals surface area contributed by atoms with Crippen LogP contribution in [0.1, 0.15) is 0 Å². The molecular weight excluding hydrogens is 234 g/mol. The van der Waals surface area contributed by atoms with Crippen LogP contribution < -0.4 is 5.69 Å². The standard InChI is InChI=1S/C12H15N3O3/c1-17-10-7-18-6-8(10)5-15-9-3-2-4-13-11(9)14-12(15)16/h2-4,8,10H,5-7H2,1H3,(H,13,14,16)/t8-,10+/m1/s1. The lowest BCUT2D eigenvalue weighted by Gasteiger charge is -2.16. The molecule has 1 aliphatic heterocycles. The number of nitrogens with zero attached hydrogens (tertiary/aromatic N) is 2. The van der Waals surface area contributed by atoms with E-state index >= 15 is 0 Å². The molecule has 0 radical (unpaired) electrons. The smallest absolute Gasteiger partial charge is 0.327 e. The van der Waals surface area contributed by atoms with E-state index in [2.05, 4.69) is 9.97 Å². The molecule has 0 amide bonds. The van der Waals surface area contributed by atoms with E-state index in [0.29, 0.717) is 25.4 Å². The average Bonchev–Trinajstić information content (AvgIpc) is 2.95. The summed E-state index contributed by atoms with van der Waals surface area (Å²) in [6.07, 6.45) is 1.72. The third kappa shape index (κ3) is 1.83. The van der Waals surface area contributed by atoms with Crippen LogP contribution in [0, 0.1) is 5.92 Å². The van der Waals surface area contributed by atoms with Crippen molar-refractivity contribution >= 4 is 11.2 Å². The number of hydrogen-bond acceptors (Lipinski definition) is 4. The van der Waals surface area contributed by atoms with Crippen molar-refractivity contribution in [1.82, 2.24) is 14.5 Å². The van der Waals surface area contributed by atoms with Gasteiger partial charge in [0.15, 0.2) is 5.65 Å². The predicted octanol–water partition coefficient (Wildman–Crippen LogP) is 0.386. The Morgan fingerprint density at radius 1 is 1.61 bits per heavy atom. The maximum Gasteiger partial charge on any atom is 0.327 e. The minimum absolute atomic E-state index is 0.0542. The summed E-state index contributed by atoms with van der Waals surface area (Å²) in [5.74, 6) is 0.201. The number of rotatable bonds is 3. The molecule has 1 saturated heterocycles. The first-order valence-electron chi connectivity index (χ1n) is 5.93. The van der Waals surface area contributed by atoms with Crippen molar-refractivity contribution in [1.29, 1.82) is 0 Å². The van der Waals surface area contributed by atoms with Gasteiger partial charge in [0, 0.05) is 25.8 Å². The maximum absolute atomic E-state index is 11.9. The molecule has 2 atom stereocenters. The van der Waals surface area contributed by atoms with Gasteiger partial charge in [-0.2, -0.15) is 0 Å². The fourth-order valence-corrected chi connectivity index (χ4v) is 2.41. The van der Waals surface area contributed by atoms with E-state index in [-0.39, 0.29) is 17.7 Å². The third-order valence-corrected chi connectivity index (χ3v) is 3.41. The van der Waals surface area contributed by atoms with Crippen molar-refractivity contribution in [3.8, 4) is 0 Å². The topological polar surface area (TPSA) is 69.1 Å². The Balaban J connectivity index is 1.95. The maximum atomic E-state index is 11.9. The summed E-state index contributed by atoms with van der Waals surface area (Å²) in [5.41, 5.74) is 1.31. The van der Waals surface area contributed by atoms with Crippen molar-refractivity contribution < 1.29 is 9.47 Å². The summed E-state index contributed by atoms with van der Waals surface area (Å²) in [4.78, 5) is 18.8. The van der Waals surface area contributed by atoms with Crippen LogP contribution in [0.15, 0.2) is 23.1 Å². The highest BCUT2D eigenvalue weighted by atomic mass is 16.5. The largest absolute Gasteiger partial charge is 0.379 e. The van der Waals surface area contributed by atoms with Gasteiger partial charge < -0.3 is 9.47 Å². The van der Waals surface area contributed by atoms with Crippen molar-refractivity contribution in [2.24, 2.45) is 5.92 Å². The fourth-order valence-electron chi connectivity index (χ4n) is 2.41. The Morgan fingerprint density at radius 2 is 2.50 bits per heavy atom. The molecule has 96 valence electrons. The second-order valence-corrected chi connectivity index (χ2v) is 4.48. The third-order valence-electron chi connectivity index (χ3n) is 3.41. The number of nitrogens with one attached hydrogen (secondary N) is 1. The molecule has 0 aromatic carbocycles. The van der Waals surface area contributed by atoms with Gasteiger partial charge in [-0.05, 0) is 12.1 Å². The SMILES string of the molecule is CO[C@H]1COC[C@H]1Cn1c(=O)[nH]c2ncccc21. The van der Waals surface area contributed by atoms with E-state index in [1.807, 2.05) is 12.1 Å². The van der Waals surface area contributed by atoms with Crippen LogP contribution in [-0.2, 0) is 16.0 Å². The zero-order valence-electron chi connectivity index (χ0n) is 10.1. The number of imidazole rings is 1. The van der Waals surface area contributed by atoms with Gasteiger partial charge in [-0.3, -0.25) is 9.55 Å². The molecule has 18 heavy (non-hydrogen) atoms. The first kappa shape index (κ1) is 11.4. The van der Waals surface area contributed by atoms with Crippen molar-refractivity contribution in [2.45, 2.75) is 12.6 Å². The number of aromatic amines is 1. The lowest BCUT2D eigenvalue weighted by atomic mass is 10.1. The van der Waals surface area contributed by atoms with E-state index in [9.17, 15) is 4.79 Å². The molecule has 1 N–H and O–H groups in total. The normalized spacial score (nSPS) is 23.8. The zero-order chi connectivity index (χ0) is 12.5. The van der Waals surface area contributed by atoms with Gasteiger partial charge in [0.05, 0.1) is 24.8 Å². The quantitative estimate of drug-likeness (QED) is 0.854. The fraction of sp³-hybridized carbons (Fsp3) is 0.500. The number of H-pyrrole nitrogens is 1. The van der Waals surface area contributed by atoms with E-state index in [0.717, 1.165) is 5.52 Å². The number of pyridine rings is 1. The molecular formula is C12H15N3O3. The van der Waals surface area contributed by atoms with Crippen LogP contribution >= 0.6 is 0 Å². The predicted molar refractivity (Wildman–Crippen MR) is 65.5 cm³/mol. The van der Waals surface area contributed by atoms with E-state index in [1.165, 1.54) is 0 Å². The minimum atomic E-state index is -0.134. The molecule has 2 aromatic heterocycles. The first-order valence-corrected chi connectivity index (χ1v) is 5.93. The van der Waals surface area contributed by atoms with Crippen LogP contribution in [0.25, 0.3) is 11.2 Å². The summed E-state index contributed by atoms with van der Waals surface area (Å²) in [6.45, 7) is 1.80. The second-order valence-electron chi connectivity index (χ2n) is 4.48. The van der Waals surface area contributed by atoms with Gasteiger partial charge in [0.1, 0.15) is 0 Å². The number of ether oxygens (including phenoxy) is 2. The van der Waals surface area contributed by atoms with Gasteiger partial charge in [-0.15, -0.1) is 0 Å². The molecule has 2 aromatic rings. The number of hydrogen-bond donors (Lipinski definition) is 1. The molecule has 0 aliphatic carbocycles. The van der Waals surface area contributed by atoms with Crippen LogP contribution in [0.2, 0.25) is 0 Å². The molecule has 3 rings (SSSR count). The molecule has 3 heterocycles. The Hall–Kier alpha value is -1.66. The Bertz CT molecular complexity index is 604. The lowest BCUT2D eigenvalue weighted by Crippen LogP contribution is -2.29. The molecule has 6 heteroatoms. The van der Waals surface area contributed by atoms with Gasteiger partial charge in [-0.25, -0.2) is 9.78 Å². The summed E-state index contributed by atoms with van der Waals surface area (Å²) >= 11 is 0.